The first-order valence-electron chi connectivity index (χ1n) is 9.75. The number of nitro benzene ring substituents is 1. The molecule has 0 bridgehead atoms. The van der Waals surface area contributed by atoms with Crippen LogP contribution >= 0.6 is 0 Å². The van der Waals surface area contributed by atoms with Crippen molar-refractivity contribution in [1.82, 2.24) is 5.32 Å². The van der Waals surface area contributed by atoms with E-state index in [1.54, 1.807) is 18.2 Å². The molecule has 0 heterocycles. The van der Waals surface area contributed by atoms with Crippen LogP contribution in [0.3, 0.4) is 0 Å². The first kappa shape index (κ1) is 21.0. The molecule has 1 atom stereocenters. The van der Waals surface area contributed by atoms with Gasteiger partial charge in [-0.3, -0.25) is 14.9 Å². The summed E-state index contributed by atoms with van der Waals surface area (Å²) >= 11 is 0. The van der Waals surface area contributed by atoms with E-state index in [1.807, 2.05) is 63.2 Å². The van der Waals surface area contributed by atoms with Crippen molar-refractivity contribution in [3.63, 3.8) is 0 Å². The van der Waals surface area contributed by atoms with Crippen LogP contribution in [-0.4, -0.2) is 10.8 Å². The molecule has 0 radical (unpaired) electrons. The summed E-state index contributed by atoms with van der Waals surface area (Å²) in [7, 11) is 0. The Morgan fingerprint density at radius 3 is 2.40 bits per heavy atom. The highest BCUT2D eigenvalue weighted by Gasteiger charge is 2.17. The number of carbonyl (C=O) groups excluding carboxylic acids is 1. The van der Waals surface area contributed by atoms with Crippen molar-refractivity contribution in [2.45, 2.75) is 26.8 Å². The first-order valence-corrected chi connectivity index (χ1v) is 9.75. The second-order valence-corrected chi connectivity index (χ2v) is 7.33. The van der Waals surface area contributed by atoms with Gasteiger partial charge < -0.3 is 5.32 Å². The van der Waals surface area contributed by atoms with E-state index >= 15 is 0 Å². The average Bonchev–Trinajstić information content (AvgIpc) is 2.72. The third-order valence-electron chi connectivity index (χ3n) is 4.96. The Bertz CT molecular complexity index is 1100. The van der Waals surface area contributed by atoms with Crippen molar-refractivity contribution < 1.29 is 9.72 Å². The van der Waals surface area contributed by atoms with Gasteiger partial charge in [0.05, 0.1) is 11.0 Å². The number of carbonyl (C=O) groups is 1. The summed E-state index contributed by atoms with van der Waals surface area (Å²) in [5, 5.41) is 14.2. The molecule has 0 aliphatic rings. The number of aryl methyl sites for hydroxylation is 2. The number of nitro groups is 1. The topological polar surface area (TPSA) is 72.2 Å². The van der Waals surface area contributed by atoms with Crippen LogP contribution in [0, 0.1) is 24.0 Å². The third-order valence-corrected chi connectivity index (χ3v) is 4.96. The molecule has 0 spiro atoms. The zero-order chi connectivity index (χ0) is 21.7. The lowest BCUT2D eigenvalue weighted by Crippen LogP contribution is -2.28. The minimum atomic E-state index is -0.443. The Kier molecular flexibility index (Phi) is 6.42. The fourth-order valence-corrected chi connectivity index (χ4v) is 3.46. The van der Waals surface area contributed by atoms with Crippen LogP contribution in [0.2, 0.25) is 0 Å². The van der Waals surface area contributed by atoms with Gasteiger partial charge in [0, 0.05) is 17.7 Å². The summed E-state index contributed by atoms with van der Waals surface area (Å²) in [4.78, 5) is 23.9. The zero-order valence-electron chi connectivity index (χ0n) is 17.3. The Morgan fingerprint density at radius 2 is 1.73 bits per heavy atom. The third kappa shape index (κ3) is 5.00. The van der Waals surface area contributed by atoms with E-state index in [0.29, 0.717) is 11.1 Å². The van der Waals surface area contributed by atoms with Gasteiger partial charge in [-0.05, 0) is 49.1 Å². The first-order chi connectivity index (χ1) is 14.3. The highest BCUT2D eigenvalue weighted by molar-refractivity contribution is 6.24. The highest BCUT2D eigenvalue weighted by Crippen LogP contribution is 2.24. The maximum absolute atomic E-state index is 13.2. The number of hydrogen-bond donors (Lipinski definition) is 1. The minimum Gasteiger partial charge on any atom is -0.345 e. The molecule has 3 aromatic rings. The molecule has 5 nitrogen and oxygen atoms in total. The summed E-state index contributed by atoms with van der Waals surface area (Å²) in [5.74, 6) is -0.236. The van der Waals surface area contributed by atoms with E-state index < -0.39 is 4.92 Å². The molecule has 0 saturated carbocycles. The molecule has 0 aliphatic heterocycles. The molecule has 0 fully saturated rings. The van der Waals surface area contributed by atoms with Gasteiger partial charge >= 0.3 is 0 Å². The Hall–Kier alpha value is -3.73. The predicted octanol–water partition coefficient (Wildman–Crippen LogP) is 5.63. The van der Waals surface area contributed by atoms with E-state index in [1.165, 1.54) is 17.7 Å². The minimum absolute atomic E-state index is 0.0137. The fraction of sp³-hybridized carbons (Fsp3) is 0.160. The second-order valence-electron chi connectivity index (χ2n) is 7.33. The number of rotatable bonds is 6. The molecule has 1 N–H and O–H groups in total. The van der Waals surface area contributed by atoms with Gasteiger partial charge in [-0.15, -0.1) is 0 Å². The number of benzene rings is 3. The summed E-state index contributed by atoms with van der Waals surface area (Å²) in [5.41, 5.74) is 5.12. The van der Waals surface area contributed by atoms with Crippen LogP contribution in [0.25, 0.3) is 11.6 Å². The fourth-order valence-electron chi connectivity index (χ4n) is 3.46. The molecule has 0 aliphatic carbocycles. The number of non-ortho nitro benzene ring substituents is 1. The van der Waals surface area contributed by atoms with Gasteiger partial charge in [-0.1, -0.05) is 66.2 Å². The zero-order valence-corrected chi connectivity index (χ0v) is 17.3. The lowest BCUT2D eigenvalue weighted by Gasteiger charge is -2.18. The lowest BCUT2D eigenvalue weighted by atomic mass is 9.98. The normalized spacial score (nSPS) is 12.3. The van der Waals surface area contributed by atoms with Gasteiger partial charge in [0.1, 0.15) is 0 Å². The van der Waals surface area contributed by atoms with Crippen molar-refractivity contribution in [2.24, 2.45) is 0 Å². The molecule has 30 heavy (non-hydrogen) atoms. The Morgan fingerprint density at radius 1 is 1.00 bits per heavy atom. The van der Waals surface area contributed by atoms with Gasteiger partial charge in [0.25, 0.3) is 11.6 Å². The van der Waals surface area contributed by atoms with Crippen molar-refractivity contribution >= 4 is 23.2 Å². The summed E-state index contributed by atoms with van der Waals surface area (Å²) in [6.07, 6.45) is 1.69. The second kappa shape index (κ2) is 9.18. The lowest BCUT2D eigenvalue weighted by molar-refractivity contribution is -0.384. The summed E-state index contributed by atoms with van der Waals surface area (Å²) in [6, 6.07) is 21.5. The molecule has 5 heteroatoms. The van der Waals surface area contributed by atoms with Crippen molar-refractivity contribution in [2.75, 3.05) is 0 Å². The molecular weight excluding hydrogens is 376 g/mol. The predicted molar refractivity (Wildman–Crippen MR) is 120 cm³/mol. The smallest absolute Gasteiger partial charge is 0.270 e. The van der Waals surface area contributed by atoms with E-state index in [0.717, 1.165) is 16.7 Å². The van der Waals surface area contributed by atoms with E-state index in [4.69, 9.17) is 0 Å². The summed E-state index contributed by atoms with van der Waals surface area (Å²) < 4.78 is 0. The van der Waals surface area contributed by atoms with Crippen LogP contribution < -0.4 is 5.32 Å². The van der Waals surface area contributed by atoms with Crippen molar-refractivity contribution in [3.05, 3.63) is 111 Å². The molecule has 3 aromatic carbocycles. The molecule has 0 aromatic heterocycles. The number of hydrogen-bond acceptors (Lipinski definition) is 3. The molecule has 1 unspecified atom stereocenters. The van der Waals surface area contributed by atoms with Crippen LogP contribution in [0.1, 0.15) is 40.8 Å². The van der Waals surface area contributed by atoms with Crippen LogP contribution in [-0.2, 0) is 4.79 Å². The SMILES string of the molecule is Cc1ccc(C(C)NC(=O)/C(=C/c2cccc([N+](=O)[O-])c2)c2ccccc2)c(C)c1. The van der Waals surface area contributed by atoms with E-state index in [2.05, 4.69) is 11.4 Å². The maximum atomic E-state index is 13.2. The molecule has 152 valence electrons. The molecule has 3 rings (SSSR count). The number of nitrogens with zero attached hydrogens (tertiary/aromatic N) is 1. The van der Waals surface area contributed by atoms with Crippen LogP contribution in [0.5, 0.6) is 0 Å². The van der Waals surface area contributed by atoms with Gasteiger partial charge in [-0.2, -0.15) is 0 Å². The molecule has 0 saturated heterocycles. The van der Waals surface area contributed by atoms with Crippen molar-refractivity contribution in [3.8, 4) is 0 Å². The van der Waals surface area contributed by atoms with Crippen LogP contribution in [0.15, 0.2) is 72.8 Å². The van der Waals surface area contributed by atoms with Gasteiger partial charge in [-0.25, -0.2) is 0 Å². The molecule has 1 amide bonds. The Balaban J connectivity index is 1.95. The Labute approximate surface area is 176 Å². The van der Waals surface area contributed by atoms with Gasteiger partial charge in [0.15, 0.2) is 0 Å². The number of nitrogens with one attached hydrogen (secondary N) is 1. The van der Waals surface area contributed by atoms with Gasteiger partial charge in [0.2, 0.25) is 0 Å². The summed E-state index contributed by atoms with van der Waals surface area (Å²) in [6.45, 7) is 6.02. The van der Waals surface area contributed by atoms with Crippen LogP contribution in [0.4, 0.5) is 5.69 Å². The highest BCUT2D eigenvalue weighted by atomic mass is 16.6. The van der Waals surface area contributed by atoms with E-state index in [-0.39, 0.29) is 17.6 Å². The quantitative estimate of drug-likeness (QED) is 0.252. The van der Waals surface area contributed by atoms with Crippen molar-refractivity contribution in [1.29, 1.82) is 0 Å². The number of amides is 1. The average molecular weight is 400 g/mol. The molecular formula is C25H24N2O3. The monoisotopic (exact) mass is 400 g/mol. The van der Waals surface area contributed by atoms with E-state index in [9.17, 15) is 14.9 Å². The standard InChI is InChI=1S/C25H24N2O3/c1-17-12-13-23(18(2)14-17)19(3)26-25(28)24(21-9-5-4-6-10-21)16-20-8-7-11-22(15-20)27(29)30/h4-16,19H,1-3H3,(H,26,28)/b24-16+. The largest absolute Gasteiger partial charge is 0.345 e. The maximum Gasteiger partial charge on any atom is 0.270 e.